The van der Waals surface area contributed by atoms with Crippen LogP contribution < -0.4 is 33.1 Å². The maximum absolute atomic E-state index is 12.5. The van der Waals surface area contributed by atoms with Gasteiger partial charge >= 0.3 is 0 Å². The second kappa shape index (κ2) is 73.6. The largest absolute Gasteiger partial charge is 0.382 e. The zero-order chi connectivity index (χ0) is 114. The van der Waals surface area contributed by atoms with E-state index in [1.165, 1.54) is 109 Å². The third-order valence-electron chi connectivity index (χ3n) is 27.4. The summed E-state index contributed by atoms with van der Waals surface area (Å²) in [4.78, 5) is 48.3. The Labute approximate surface area is 901 Å². The number of nitrogens with one attached hydrogen (secondary N) is 4. The van der Waals surface area contributed by atoms with E-state index in [0.29, 0.717) is 134 Å². The molecule has 144 heavy (non-hydrogen) atoms. The number of rotatable bonds is 51. The van der Waals surface area contributed by atoms with Crippen molar-refractivity contribution < 1.29 is 46.4 Å². The molecule has 0 aromatic rings. The number of nitrogens with two attached hydrogens (primary N) is 2. The van der Waals surface area contributed by atoms with Gasteiger partial charge in [0.1, 0.15) is 18.2 Å². The van der Waals surface area contributed by atoms with Gasteiger partial charge in [-0.15, -0.1) is 5.53 Å². The fraction of sp³-hybridized carbons (Fsp3) is 0.952. The van der Waals surface area contributed by atoms with E-state index >= 15 is 0 Å². The van der Waals surface area contributed by atoms with Crippen molar-refractivity contribution in [1.82, 2.24) is 26.6 Å². The van der Waals surface area contributed by atoms with Crippen LogP contribution in [-0.2, 0) is 43.5 Å². The molecule has 1 fully saturated rings. The molecule has 1 aliphatic heterocycles. The Bertz CT molecular complexity index is 3240. The fourth-order valence-corrected chi connectivity index (χ4v) is 19.7. The van der Waals surface area contributed by atoms with Crippen LogP contribution in [0.2, 0.25) is 0 Å². The van der Waals surface area contributed by atoms with E-state index in [2.05, 4.69) is 333 Å². The minimum absolute atomic E-state index is 0.0816. The van der Waals surface area contributed by atoms with Gasteiger partial charge in [0.05, 0.1) is 30.7 Å². The van der Waals surface area contributed by atoms with Crippen LogP contribution in [0.1, 0.15) is 583 Å². The summed E-state index contributed by atoms with van der Waals surface area (Å²) in [5.74, 6) is 4.38. The van der Waals surface area contributed by atoms with Crippen molar-refractivity contribution in [3.8, 4) is 0 Å². The van der Waals surface area contributed by atoms with Crippen LogP contribution >= 0.6 is 0 Å². The number of Topliss-reactive ketones (excluding diaryl/α,β-unsaturated/α-hetero) is 2. The predicted octanol–water partition coefficient (Wildman–Crippen LogP) is 35.3. The van der Waals surface area contributed by atoms with Crippen molar-refractivity contribution in [2.24, 2.45) is 128 Å². The molecule has 18 heteroatoms. The molecule has 2 amide bonds. The molecule has 3 atom stereocenters. The Hall–Kier alpha value is -2.71. The highest BCUT2D eigenvalue weighted by molar-refractivity contribution is 7.86. The zero-order valence-electron chi connectivity index (χ0n) is 106. The standard InChI is InChI=1S/C25H49NO4.C20H41NO.C18H36N4O.C15H30.C13H28O3S.C13H28.C12H26O.C10H23N/c1-24(2,3)15-11-8-9-14-22(27)19-21(25(4,5)6)13-10-12-16-26-23(28)20-30-18-17-29-7;1-19(2,3)14-10-7-8-13-18(22)16-17(20(4,5)6)12-9-11-15-21;1-17(2,3)11-9-7-8-10-16(23)19-12-15-13-22(21-20-15)14-18(4,5)6;1-14(2,3)11-12-7-9-13(10-8-12)15(4,5)6;1-12(2,3)10-8-7-9-11(13(4,5)6)17(14,15)16;1-12(2,3)10-8-7-9-11-13(4,5)6;1-11(2,3)7-9-13-10-8-12(4,5)6;1-9(2,3)8(7-11)10(4,5)6/h21H,8-20H2,1-7H3,(H,26,28);17H,7-16,21H2,1-6H3;13,20-21H,7-12,14H2,1-6H3,(H,19,23);12-13H,7-11H2,1-6H3;11H,7-10H2,1-6H3,(H,14,15,16);7-11H2,1-6H3;7-10H2,1-6H3;8H,7,11H2,1-6H3/t21-;17-;;;;;;/m11....../s1. The normalized spacial score (nSPS) is 15.8. The van der Waals surface area contributed by atoms with E-state index < -0.39 is 20.8 Å². The number of hydrazine groups is 2. The lowest BCUT2D eigenvalue weighted by atomic mass is 9.67. The van der Waals surface area contributed by atoms with Gasteiger partial charge in [0.15, 0.2) is 0 Å². The Kier molecular flexibility index (Phi) is 77.7. The third kappa shape index (κ3) is 108. The van der Waals surface area contributed by atoms with Gasteiger partial charge in [-0.2, -0.15) is 8.42 Å². The van der Waals surface area contributed by atoms with Crippen LogP contribution in [0.15, 0.2) is 11.9 Å². The number of methoxy groups -OCH3 is 1. The topological polar surface area (TPSA) is 254 Å². The summed E-state index contributed by atoms with van der Waals surface area (Å²) in [6.45, 7) is 114. The van der Waals surface area contributed by atoms with Gasteiger partial charge in [-0.3, -0.25) is 28.7 Å². The fourth-order valence-electron chi connectivity index (χ4n) is 18.3. The number of unbranched alkanes of at least 4 members (excludes halogenated alkanes) is 11. The van der Waals surface area contributed by atoms with Crippen LogP contribution in [0, 0.1) is 116 Å². The molecule has 2 aliphatic rings. The van der Waals surface area contributed by atoms with Gasteiger partial charge in [0, 0.05) is 71.7 Å². The third-order valence-corrected chi connectivity index (χ3v) is 29.0. The molecule has 0 aromatic heterocycles. The summed E-state index contributed by atoms with van der Waals surface area (Å²) in [7, 11) is -2.33. The Balaban J connectivity index is -0.000000385. The monoisotopic (exact) mass is 2060 g/mol. The first-order valence-corrected chi connectivity index (χ1v) is 59.8. The second-order valence-electron chi connectivity index (χ2n) is 62.5. The van der Waals surface area contributed by atoms with E-state index in [-0.39, 0.29) is 40.1 Å². The number of hydrogen-bond donors (Lipinski definition) is 7. The maximum Gasteiger partial charge on any atom is 0.268 e. The molecule has 2 rings (SSSR count). The summed E-state index contributed by atoms with van der Waals surface area (Å²) < 4.78 is 47.6. The molecule has 0 radical (unpaired) electrons. The average molecular weight is 2070 g/mol. The molecular formula is C126H261N7O10S. The van der Waals surface area contributed by atoms with Crippen molar-refractivity contribution in [1.29, 1.82) is 0 Å². The highest BCUT2D eigenvalue weighted by Gasteiger charge is 2.37. The van der Waals surface area contributed by atoms with Crippen LogP contribution in [0.4, 0.5) is 0 Å². The minimum Gasteiger partial charge on any atom is -0.382 e. The van der Waals surface area contributed by atoms with Gasteiger partial charge < -0.3 is 41.7 Å². The molecule has 1 saturated carbocycles. The summed E-state index contributed by atoms with van der Waals surface area (Å²) >= 11 is 0. The van der Waals surface area contributed by atoms with Crippen molar-refractivity contribution in [3.05, 3.63) is 11.9 Å². The molecule has 0 saturated heterocycles. The van der Waals surface area contributed by atoms with Crippen molar-refractivity contribution in [2.45, 2.75) is 588 Å². The molecule has 0 bridgehead atoms. The Morgan fingerprint density at radius 3 is 1.05 bits per heavy atom. The highest BCUT2D eigenvalue weighted by atomic mass is 32.2. The average Bonchev–Trinajstić information content (AvgIpc) is 1.32. The van der Waals surface area contributed by atoms with Gasteiger partial charge in [0.2, 0.25) is 11.8 Å². The molecule has 1 aliphatic carbocycles. The number of hydrogen-bond acceptors (Lipinski definition) is 14. The summed E-state index contributed by atoms with van der Waals surface area (Å²) in [6.07, 6.45) is 45.8. The van der Waals surface area contributed by atoms with Crippen LogP contribution in [0.5, 0.6) is 0 Å². The van der Waals surface area contributed by atoms with E-state index in [1.54, 1.807) is 7.11 Å². The highest BCUT2D eigenvalue weighted by Crippen LogP contribution is 2.45. The van der Waals surface area contributed by atoms with E-state index in [4.69, 9.17) is 25.7 Å². The lowest BCUT2D eigenvalue weighted by Gasteiger charge is -2.39. The predicted molar refractivity (Wildman–Crippen MR) is 633 cm³/mol. The Morgan fingerprint density at radius 1 is 0.389 bits per heavy atom. The molecule has 1 unspecified atom stereocenters. The molecule has 17 nitrogen and oxygen atoms in total. The molecule has 0 aromatic carbocycles. The minimum atomic E-state index is -3.94. The molecule has 9 N–H and O–H groups in total. The van der Waals surface area contributed by atoms with Gasteiger partial charge in [-0.25, -0.2) is 0 Å². The van der Waals surface area contributed by atoms with E-state index in [9.17, 15) is 32.1 Å². The molecular weight excluding hydrogens is 1800 g/mol. The summed E-state index contributed by atoms with van der Waals surface area (Å²) in [5, 5.41) is 7.23. The smallest absolute Gasteiger partial charge is 0.268 e. The lowest BCUT2D eigenvalue weighted by Crippen LogP contribution is -2.41. The van der Waals surface area contributed by atoms with Crippen LogP contribution in [-0.4, -0.2) is 119 Å². The number of ketones is 2. The van der Waals surface area contributed by atoms with Gasteiger partial charge in [-0.05, 0) is 251 Å². The van der Waals surface area contributed by atoms with E-state index in [0.717, 1.165) is 172 Å². The van der Waals surface area contributed by atoms with Crippen LogP contribution in [0.3, 0.4) is 0 Å². The van der Waals surface area contributed by atoms with Crippen molar-refractivity contribution in [2.75, 3.05) is 72.9 Å². The van der Waals surface area contributed by atoms with Gasteiger partial charge in [0.25, 0.3) is 10.1 Å². The number of amides is 2. The number of carbonyl (C=O) groups excluding carboxylic acids is 4. The first-order chi connectivity index (χ1) is 64.7. The lowest BCUT2D eigenvalue weighted by molar-refractivity contribution is -0.126. The number of nitrogens with zero attached hydrogens (tertiary/aromatic N) is 1. The first kappa shape index (κ1) is 152. The Morgan fingerprint density at radius 2 is 0.743 bits per heavy atom. The quantitative estimate of drug-likeness (QED) is 0.0221. The second-order valence-corrected chi connectivity index (χ2v) is 64.1. The molecule has 866 valence electrons. The first-order valence-electron chi connectivity index (χ1n) is 58.3. The summed E-state index contributed by atoms with van der Waals surface area (Å²) in [6, 6.07) is 0. The molecule has 1 heterocycles. The van der Waals surface area contributed by atoms with Crippen LogP contribution in [0.25, 0.3) is 0 Å². The summed E-state index contributed by atoms with van der Waals surface area (Å²) in [5.41, 5.74) is 23.8. The zero-order valence-corrected chi connectivity index (χ0v) is 107. The maximum atomic E-state index is 12.5. The van der Waals surface area contributed by atoms with Crippen molar-refractivity contribution >= 4 is 33.5 Å². The number of carbonyl (C=O) groups is 4. The van der Waals surface area contributed by atoms with Gasteiger partial charge in [-0.1, -0.05) is 429 Å². The SMILES string of the molecule is CC(C)(C)C(CN)C(C)(C)C.CC(C)(C)CC1CCC(C(C)(C)C)CC1.CC(C)(C)CCCCC(C(C)(C)C)S(=O)(=O)O.CC(C)(C)CCCCCC(=O)C[C@@H](CCCCN)C(C)(C)C.CC(C)(C)CCCCCC(=O)NCC1=CN(CC(C)(C)C)NN1.CC(C)(C)CCCCCC(C)(C)C.CC(C)(C)CCOCCC(C)(C)C.COCCOCC(=O)NCCCC[C@H](CC(=O)CCCCCC(C)(C)C)C(C)(C)C. The number of ether oxygens (including phenoxy) is 3. The molecule has 0 spiro atoms. The van der Waals surface area contributed by atoms with Crippen molar-refractivity contribution in [3.63, 3.8) is 0 Å². The van der Waals surface area contributed by atoms with E-state index in [1.807, 2.05) is 32.0 Å².